The highest BCUT2D eigenvalue weighted by molar-refractivity contribution is 5.92. The van der Waals surface area contributed by atoms with Crippen LogP contribution in [0.3, 0.4) is 0 Å². The summed E-state index contributed by atoms with van der Waals surface area (Å²) in [5.41, 5.74) is 1.52. The summed E-state index contributed by atoms with van der Waals surface area (Å²) in [4.78, 5) is 37.8. The monoisotopic (exact) mass is 471 g/mol. The molecule has 0 radical (unpaired) electrons. The van der Waals surface area contributed by atoms with E-state index in [0.29, 0.717) is 42.9 Å². The van der Waals surface area contributed by atoms with Crippen LogP contribution in [0.15, 0.2) is 11.6 Å². The number of amides is 1. The first-order valence-electron chi connectivity index (χ1n) is 13.6. The number of carbonyl (C=O) groups is 3. The number of allylic oxidation sites excluding steroid dienone is 1. The molecule has 4 aliphatic rings. The minimum atomic E-state index is -0.234. The molecule has 0 aliphatic heterocycles. The number of fused-ring (bicyclic) bond motifs is 5. The molecule has 3 saturated carbocycles. The third kappa shape index (κ3) is 4.42. The van der Waals surface area contributed by atoms with Crippen LogP contribution in [0.2, 0.25) is 0 Å². The lowest BCUT2D eigenvalue weighted by molar-refractivity contribution is -0.134. The molecule has 0 aromatic carbocycles. The zero-order chi connectivity index (χ0) is 24.8. The lowest BCUT2D eigenvalue weighted by Gasteiger charge is -2.58. The molecule has 0 unspecified atom stereocenters. The van der Waals surface area contributed by atoms with Gasteiger partial charge in [-0.05, 0) is 79.4 Å². The van der Waals surface area contributed by atoms with Crippen molar-refractivity contribution in [2.75, 3.05) is 6.54 Å². The van der Waals surface area contributed by atoms with Crippen LogP contribution in [0.1, 0.15) is 92.4 Å². The smallest absolute Gasteiger partial charge is 0.216 e. The van der Waals surface area contributed by atoms with E-state index in [2.05, 4.69) is 32.2 Å². The average Bonchev–Trinajstić information content (AvgIpc) is 3.05. The van der Waals surface area contributed by atoms with Crippen molar-refractivity contribution < 1.29 is 19.5 Å². The number of hydrogen-bond acceptors (Lipinski definition) is 4. The molecule has 5 heteroatoms. The number of aliphatic hydroxyl groups is 1. The van der Waals surface area contributed by atoms with Crippen LogP contribution < -0.4 is 5.32 Å². The number of rotatable bonds is 7. The fraction of sp³-hybridized carbons (Fsp3) is 0.828. The molecular weight excluding hydrogens is 426 g/mol. The average molecular weight is 472 g/mol. The minimum absolute atomic E-state index is 0.0411. The molecule has 5 nitrogen and oxygen atoms in total. The number of hydrogen-bond donors (Lipinski definition) is 2. The topological polar surface area (TPSA) is 83.5 Å². The Kier molecular flexibility index (Phi) is 7.17. The second kappa shape index (κ2) is 9.52. The summed E-state index contributed by atoms with van der Waals surface area (Å²) in [6, 6.07) is 0. The van der Waals surface area contributed by atoms with Crippen molar-refractivity contribution >= 4 is 17.5 Å². The molecule has 9 atom stereocenters. The highest BCUT2D eigenvalue weighted by atomic mass is 16.3. The van der Waals surface area contributed by atoms with Crippen LogP contribution in [0, 0.1) is 46.3 Å². The lowest BCUT2D eigenvalue weighted by Crippen LogP contribution is -2.51. The molecule has 0 spiro atoms. The van der Waals surface area contributed by atoms with E-state index < -0.39 is 0 Å². The molecule has 0 heterocycles. The van der Waals surface area contributed by atoms with Gasteiger partial charge in [0.2, 0.25) is 5.91 Å². The first-order valence-corrected chi connectivity index (χ1v) is 13.6. The van der Waals surface area contributed by atoms with Crippen LogP contribution in [0.25, 0.3) is 0 Å². The fourth-order valence-corrected chi connectivity index (χ4v) is 8.54. The van der Waals surface area contributed by atoms with Gasteiger partial charge in [0.25, 0.3) is 0 Å². The minimum Gasteiger partial charge on any atom is -0.393 e. The second-order valence-electron chi connectivity index (χ2n) is 12.7. The summed E-state index contributed by atoms with van der Waals surface area (Å²) in [6.45, 7) is 10.9. The van der Waals surface area contributed by atoms with Gasteiger partial charge < -0.3 is 10.4 Å². The summed E-state index contributed by atoms with van der Waals surface area (Å²) in [5.74, 6) is 1.78. The van der Waals surface area contributed by atoms with Crippen molar-refractivity contribution in [3.8, 4) is 0 Å². The molecule has 1 amide bonds. The van der Waals surface area contributed by atoms with E-state index in [1.54, 1.807) is 0 Å². The van der Waals surface area contributed by atoms with Crippen LogP contribution >= 0.6 is 0 Å². The van der Waals surface area contributed by atoms with Crippen LogP contribution in [-0.4, -0.2) is 35.2 Å². The van der Waals surface area contributed by atoms with Crippen molar-refractivity contribution in [1.82, 2.24) is 5.32 Å². The highest BCUT2D eigenvalue weighted by Crippen LogP contribution is 2.66. The molecular formula is C29H45NO4. The van der Waals surface area contributed by atoms with Crippen molar-refractivity contribution in [3.63, 3.8) is 0 Å². The molecule has 34 heavy (non-hydrogen) atoms. The Balaban J connectivity index is 1.46. The zero-order valence-electron chi connectivity index (χ0n) is 21.9. The van der Waals surface area contributed by atoms with Gasteiger partial charge in [0.1, 0.15) is 11.6 Å². The quantitative estimate of drug-likeness (QED) is 0.519. The molecule has 0 aromatic heterocycles. The Morgan fingerprint density at radius 1 is 1.15 bits per heavy atom. The normalized spacial score (nSPS) is 40.9. The third-order valence-electron chi connectivity index (χ3n) is 10.6. The van der Waals surface area contributed by atoms with Gasteiger partial charge in [-0.3, -0.25) is 14.4 Å². The van der Waals surface area contributed by atoms with E-state index in [1.165, 1.54) is 12.5 Å². The number of ketones is 2. The van der Waals surface area contributed by atoms with E-state index in [4.69, 9.17) is 0 Å². The standard InChI is InChI=1S/C29H45NO4/c1-17(16-30-19(3)31)6-9-25(33)18(2)27-26(34)15-24-22-8-7-20-14-21(32)10-12-28(20,4)23(22)11-13-29(24,27)5/h7,17-18,21-24,27,32H,6,8-16H2,1-5H3,(H,30,31)/t17-,18-,21+,22-,23+,24+,27+,28+,29+/m1/s1. The van der Waals surface area contributed by atoms with E-state index in [-0.39, 0.29) is 46.4 Å². The van der Waals surface area contributed by atoms with Gasteiger partial charge in [0.15, 0.2) is 0 Å². The van der Waals surface area contributed by atoms with E-state index in [9.17, 15) is 19.5 Å². The van der Waals surface area contributed by atoms with E-state index in [0.717, 1.165) is 44.9 Å². The number of nitrogens with one attached hydrogen (secondary N) is 1. The Labute approximate surface area is 205 Å². The van der Waals surface area contributed by atoms with Gasteiger partial charge in [-0.1, -0.05) is 39.3 Å². The SMILES string of the molecule is CC(=O)NC[C@H](C)CCC(=O)[C@@H](C)[C@H]1C(=O)C[C@H]2[C@@H]3CC=C4C[C@@H](O)CC[C@]4(C)[C@H]3CC[C@]12C. The van der Waals surface area contributed by atoms with Gasteiger partial charge in [-0.25, -0.2) is 0 Å². The van der Waals surface area contributed by atoms with Crippen molar-refractivity contribution in [2.45, 2.75) is 98.5 Å². The number of carbonyl (C=O) groups excluding carboxylic acids is 3. The maximum atomic E-state index is 13.4. The van der Waals surface area contributed by atoms with E-state index >= 15 is 0 Å². The maximum Gasteiger partial charge on any atom is 0.216 e. The Morgan fingerprint density at radius 2 is 1.88 bits per heavy atom. The molecule has 0 aromatic rings. The first-order chi connectivity index (χ1) is 16.0. The molecule has 0 saturated heterocycles. The molecule has 3 fully saturated rings. The second-order valence-corrected chi connectivity index (χ2v) is 12.7. The predicted molar refractivity (Wildman–Crippen MR) is 133 cm³/mol. The Morgan fingerprint density at radius 3 is 2.59 bits per heavy atom. The predicted octanol–water partition coefficient (Wildman–Crippen LogP) is 4.86. The first kappa shape index (κ1) is 25.6. The van der Waals surface area contributed by atoms with Crippen molar-refractivity contribution in [2.24, 2.45) is 46.3 Å². The van der Waals surface area contributed by atoms with Gasteiger partial charge in [-0.15, -0.1) is 0 Å². The largest absolute Gasteiger partial charge is 0.393 e. The Bertz CT molecular complexity index is 864. The van der Waals surface area contributed by atoms with Crippen LogP contribution in [0.5, 0.6) is 0 Å². The molecule has 0 bridgehead atoms. The number of aliphatic hydroxyl groups excluding tert-OH is 1. The van der Waals surface area contributed by atoms with Crippen LogP contribution in [-0.2, 0) is 14.4 Å². The van der Waals surface area contributed by atoms with Gasteiger partial charge in [-0.2, -0.15) is 0 Å². The van der Waals surface area contributed by atoms with Crippen molar-refractivity contribution in [1.29, 1.82) is 0 Å². The summed E-state index contributed by atoms with van der Waals surface area (Å²) in [5, 5.41) is 13.1. The van der Waals surface area contributed by atoms with Crippen LogP contribution in [0.4, 0.5) is 0 Å². The summed E-state index contributed by atoms with van der Waals surface area (Å²) in [7, 11) is 0. The van der Waals surface area contributed by atoms with Gasteiger partial charge >= 0.3 is 0 Å². The lowest BCUT2D eigenvalue weighted by atomic mass is 9.47. The zero-order valence-corrected chi connectivity index (χ0v) is 21.9. The molecule has 2 N–H and O–H groups in total. The number of Topliss-reactive ketones (excluding diaryl/α,β-unsaturated/α-hetero) is 2. The van der Waals surface area contributed by atoms with Crippen molar-refractivity contribution in [3.05, 3.63) is 11.6 Å². The summed E-state index contributed by atoms with van der Waals surface area (Å²) in [6.07, 6.45) is 9.96. The van der Waals surface area contributed by atoms with Gasteiger partial charge in [0, 0.05) is 38.1 Å². The summed E-state index contributed by atoms with van der Waals surface area (Å²) >= 11 is 0. The molecule has 4 rings (SSSR count). The third-order valence-corrected chi connectivity index (χ3v) is 10.6. The molecule has 4 aliphatic carbocycles. The highest BCUT2D eigenvalue weighted by Gasteiger charge is 2.62. The summed E-state index contributed by atoms with van der Waals surface area (Å²) < 4.78 is 0. The van der Waals surface area contributed by atoms with Gasteiger partial charge in [0.05, 0.1) is 6.10 Å². The van der Waals surface area contributed by atoms with E-state index in [1.807, 2.05) is 6.92 Å². The Hall–Kier alpha value is -1.49. The molecule has 190 valence electrons. The fourth-order valence-electron chi connectivity index (χ4n) is 8.54. The maximum absolute atomic E-state index is 13.4.